The van der Waals surface area contributed by atoms with Crippen molar-refractivity contribution in [3.05, 3.63) is 71.3 Å². The highest BCUT2D eigenvalue weighted by atomic mass is 16.5. The normalized spacial score (nSPS) is 14.7. The summed E-state index contributed by atoms with van der Waals surface area (Å²) in [5.74, 6) is 1.59. The standard InChI is InChI=1S/C25H21N3O2/c1-15-9-11-22-18(13-15)23-25(30-22)28(20-10-8-16(2)14-19(20)26-27-23)21-7-3-5-17-6-4-12-29-24(17)21/h3,5,7-11,13-14H,4,6,12H2,1-2H3. The Balaban J connectivity index is 1.68. The first kappa shape index (κ1) is 17.3. The summed E-state index contributed by atoms with van der Waals surface area (Å²) < 4.78 is 12.5. The molecule has 2 aliphatic heterocycles. The molecule has 3 aromatic carbocycles. The number of hydrogen-bond donors (Lipinski definition) is 0. The molecule has 4 aromatic rings. The van der Waals surface area contributed by atoms with Crippen molar-refractivity contribution in [2.75, 3.05) is 11.5 Å². The molecule has 5 heteroatoms. The van der Waals surface area contributed by atoms with Gasteiger partial charge in [-0.2, -0.15) is 0 Å². The van der Waals surface area contributed by atoms with Crippen LogP contribution in [0.15, 0.2) is 69.2 Å². The molecule has 0 atom stereocenters. The van der Waals surface area contributed by atoms with Gasteiger partial charge in [-0.15, -0.1) is 10.2 Å². The maximum atomic E-state index is 6.39. The Morgan fingerprint density at radius 1 is 0.900 bits per heavy atom. The number of anilines is 3. The van der Waals surface area contributed by atoms with Crippen molar-refractivity contribution in [3.63, 3.8) is 0 Å². The Bertz CT molecular complexity index is 1340. The molecule has 0 N–H and O–H groups in total. The molecule has 0 bridgehead atoms. The van der Waals surface area contributed by atoms with Gasteiger partial charge in [-0.25, -0.2) is 0 Å². The lowest BCUT2D eigenvalue weighted by molar-refractivity contribution is 0.289. The summed E-state index contributed by atoms with van der Waals surface area (Å²) in [5, 5.41) is 10.2. The molecule has 0 amide bonds. The summed E-state index contributed by atoms with van der Waals surface area (Å²) in [6.07, 6.45) is 2.05. The van der Waals surface area contributed by atoms with Gasteiger partial charge >= 0.3 is 0 Å². The second kappa shape index (κ2) is 6.46. The molecule has 1 aromatic heterocycles. The maximum Gasteiger partial charge on any atom is 0.233 e. The van der Waals surface area contributed by atoms with E-state index in [-0.39, 0.29) is 0 Å². The summed E-state index contributed by atoms with van der Waals surface area (Å²) in [7, 11) is 0. The first-order valence-corrected chi connectivity index (χ1v) is 10.3. The number of azo groups is 1. The Hall–Kier alpha value is -3.60. The highest BCUT2D eigenvalue weighted by molar-refractivity contribution is 6.01. The van der Waals surface area contributed by atoms with Crippen molar-refractivity contribution in [2.24, 2.45) is 10.2 Å². The topological polar surface area (TPSA) is 50.3 Å². The number of hydrogen-bond acceptors (Lipinski definition) is 5. The zero-order valence-electron chi connectivity index (χ0n) is 17.0. The molecule has 0 saturated heterocycles. The van der Waals surface area contributed by atoms with Crippen LogP contribution in [0.1, 0.15) is 23.1 Å². The average molecular weight is 395 g/mol. The number of rotatable bonds is 1. The van der Waals surface area contributed by atoms with Gasteiger partial charge in [0.15, 0.2) is 5.69 Å². The summed E-state index contributed by atoms with van der Waals surface area (Å²) in [6, 6.07) is 18.7. The molecule has 3 heterocycles. The van der Waals surface area contributed by atoms with Crippen molar-refractivity contribution in [3.8, 4) is 5.75 Å². The van der Waals surface area contributed by atoms with Crippen LogP contribution in [0.25, 0.3) is 11.0 Å². The molecule has 0 saturated carbocycles. The van der Waals surface area contributed by atoms with Crippen molar-refractivity contribution >= 4 is 39.6 Å². The van der Waals surface area contributed by atoms with Gasteiger partial charge in [0.1, 0.15) is 17.0 Å². The van der Waals surface area contributed by atoms with Crippen LogP contribution < -0.4 is 9.64 Å². The third-order valence-electron chi connectivity index (χ3n) is 5.79. The van der Waals surface area contributed by atoms with Crippen LogP contribution in [0.3, 0.4) is 0 Å². The van der Waals surface area contributed by atoms with Gasteiger partial charge in [0.25, 0.3) is 0 Å². The van der Waals surface area contributed by atoms with E-state index in [0.29, 0.717) is 5.88 Å². The van der Waals surface area contributed by atoms with Gasteiger partial charge in [0.05, 0.1) is 23.4 Å². The smallest absolute Gasteiger partial charge is 0.233 e. The first-order chi connectivity index (χ1) is 14.7. The number of ether oxygens (including phenoxy) is 1. The number of fused-ring (bicyclic) bond motifs is 5. The van der Waals surface area contributed by atoms with Crippen LogP contribution in [-0.4, -0.2) is 6.61 Å². The average Bonchev–Trinajstić information content (AvgIpc) is 3.02. The molecular weight excluding hydrogens is 374 g/mol. The molecule has 0 aliphatic carbocycles. The molecule has 0 fully saturated rings. The fourth-order valence-corrected chi connectivity index (χ4v) is 4.34. The van der Waals surface area contributed by atoms with E-state index >= 15 is 0 Å². The number of nitrogens with zero attached hydrogens (tertiary/aromatic N) is 3. The molecule has 2 aliphatic rings. The Kier molecular flexibility index (Phi) is 3.72. The largest absolute Gasteiger partial charge is 0.491 e. The second-order valence-electron chi connectivity index (χ2n) is 8.00. The predicted molar refractivity (Wildman–Crippen MR) is 118 cm³/mol. The fourth-order valence-electron chi connectivity index (χ4n) is 4.34. The summed E-state index contributed by atoms with van der Waals surface area (Å²) in [5.41, 5.74) is 7.77. The quantitative estimate of drug-likeness (QED) is 0.294. The zero-order chi connectivity index (χ0) is 20.2. The van der Waals surface area contributed by atoms with Crippen molar-refractivity contribution in [2.45, 2.75) is 26.7 Å². The molecule has 0 radical (unpaired) electrons. The van der Waals surface area contributed by atoms with Crippen LogP contribution in [0.4, 0.5) is 28.6 Å². The maximum absolute atomic E-state index is 6.39. The van der Waals surface area contributed by atoms with E-state index in [1.807, 2.05) is 6.07 Å². The van der Waals surface area contributed by atoms with Gasteiger partial charge in [0.2, 0.25) is 5.88 Å². The van der Waals surface area contributed by atoms with Gasteiger partial charge in [-0.05, 0) is 68.1 Å². The number of para-hydroxylation sites is 1. The lowest BCUT2D eigenvalue weighted by Gasteiger charge is -2.28. The van der Waals surface area contributed by atoms with Crippen molar-refractivity contribution < 1.29 is 9.15 Å². The summed E-state index contributed by atoms with van der Waals surface area (Å²) in [6.45, 7) is 4.86. The van der Waals surface area contributed by atoms with Crippen molar-refractivity contribution in [1.82, 2.24) is 0 Å². The number of furan rings is 1. The highest BCUT2D eigenvalue weighted by Gasteiger charge is 2.30. The minimum atomic E-state index is 0.671. The van der Waals surface area contributed by atoms with Crippen molar-refractivity contribution in [1.29, 1.82) is 0 Å². The van der Waals surface area contributed by atoms with Crippen LogP contribution in [-0.2, 0) is 6.42 Å². The van der Waals surface area contributed by atoms with Gasteiger partial charge in [0, 0.05) is 0 Å². The van der Waals surface area contributed by atoms with Crippen LogP contribution in [0.2, 0.25) is 0 Å². The molecule has 0 spiro atoms. The van der Waals surface area contributed by atoms with E-state index in [1.54, 1.807) is 0 Å². The van der Waals surface area contributed by atoms with Crippen LogP contribution >= 0.6 is 0 Å². The van der Waals surface area contributed by atoms with E-state index in [1.165, 1.54) is 5.56 Å². The molecule has 30 heavy (non-hydrogen) atoms. The SMILES string of the molecule is Cc1ccc2c(c1)N=Nc1c(oc3ccc(C)cc13)N2c1cccc2c1OCCC2. The number of aryl methyl sites for hydroxylation is 3. The van der Waals surface area contributed by atoms with Gasteiger partial charge < -0.3 is 9.15 Å². The number of benzene rings is 3. The molecular formula is C25H21N3O2. The molecule has 0 unspecified atom stereocenters. The Morgan fingerprint density at radius 2 is 1.77 bits per heavy atom. The van der Waals surface area contributed by atoms with Gasteiger partial charge in [-0.3, -0.25) is 4.90 Å². The highest BCUT2D eigenvalue weighted by Crippen LogP contribution is 2.53. The van der Waals surface area contributed by atoms with Gasteiger partial charge in [-0.1, -0.05) is 29.8 Å². The lowest BCUT2D eigenvalue weighted by Crippen LogP contribution is -2.15. The fraction of sp³-hybridized carbons (Fsp3) is 0.200. The van der Waals surface area contributed by atoms with Crippen LogP contribution in [0, 0.1) is 13.8 Å². The van der Waals surface area contributed by atoms with Crippen LogP contribution in [0.5, 0.6) is 5.75 Å². The minimum Gasteiger partial charge on any atom is -0.491 e. The van der Waals surface area contributed by atoms with E-state index in [9.17, 15) is 0 Å². The molecule has 5 nitrogen and oxygen atoms in total. The van der Waals surface area contributed by atoms with E-state index in [4.69, 9.17) is 9.15 Å². The molecule has 6 rings (SSSR count). The van der Waals surface area contributed by atoms with E-state index < -0.39 is 0 Å². The third kappa shape index (κ3) is 2.55. The van der Waals surface area contributed by atoms with E-state index in [0.717, 1.165) is 70.0 Å². The third-order valence-corrected chi connectivity index (χ3v) is 5.79. The lowest BCUT2D eigenvalue weighted by atomic mass is 10.0. The second-order valence-corrected chi connectivity index (χ2v) is 8.00. The predicted octanol–water partition coefficient (Wildman–Crippen LogP) is 7.57. The first-order valence-electron chi connectivity index (χ1n) is 10.3. The summed E-state index contributed by atoms with van der Waals surface area (Å²) in [4.78, 5) is 2.11. The zero-order valence-corrected chi connectivity index (χ0v) is 17.0. The summed E-state index contributed by atoms with van der Waals surface area (Å²) >= 11 is 0. The minimum absolute atomic E-state index is 0.671. The Morgan fingerprint density at radius 3 is 2.70 bits per heavy atom. The van der Waals surface area contributed by atoms with E-state index in [2.05, 4.69) is 77.5 Å². The molecule has 148 valence electrons. The monoisotopic (exact) mass is 395 g/mol. The Labute approximate surface area is 174 Å².